The Hall–Kier alpha value is -2.53. The molecule has 8 heteroatoms. The lowest BCUT2D eigenvalue weighted by Crippen LogP contribution is -2.29. The average molecular weight is 372 g/mol. The number of nitriles is 1. The molecule has 1 aromatic carbocycles. The average Bonchev–Trinajstić information content (AvgIpc) is 2.97. The molecule has 0 atom stereocenters. The number of carbonyl (C=O) groups is 1. The predicted molar refractivity (Wildman–Crippen MR) is 103 cm³/mol. The molecule has 0 bridgehead atoms. The van der Waals surface area contributed by atoms with Gasteiger partial charge >= 0.3 is 0 Å². The van der Waals surface area contributed by atoms with Crippen molar-refractivity contribution in [2.24, 2.45) is 0 Å². The van der Waals surface area contributed by atoms with Gasteiger partial charge in [0, 0.05) is 19.2 Å². The van der Waals surface area contributed by atoms with Crippen LogP contribution in [0.2, 0.25) is 0 Å². The second-order valence-corrected chi connectivity index (χ2v) is 7.96. The van der Waals surface area contributed by atoms with Crippen molar-refractivity contribution in [3.05, 3.63) is 29.8 Å². The summed E-state index contributed by atoms with van der Waals surface area (Å²) in [6.07, 6.45) is 0.314. The van der Waals surface area contributed by atoms with Crippen molar-refractivity contribution in [2.45, 2.75) is 37.8 Å². The van der Waals surface area contributed by atoms with Crippen LogP contribution >= 0.6 is 11.8 Å². The highest BCUT2D eigenvalue weighted by Crippen LogP contribution is 2.26. The van der Waals surface area contributed by atoms with Crippen molar-refractivity contribution in [3.8, 4) is 17.5 Å². The summed E-state index contributed by atoms with van der Waals surface area (Å²) in [7, 11) is 1.68. The van der Waals surface area contributed by atoms with Crippen LogP contribution in [0.1, 0.15) is 32.8 Å². The van der Waals surface area contributed by atoms with Crippen LogP contribution in [0.15, 0.2) is 29.4 Å². The van der Waals surface area contributed by atoms with E-state index in [1.807, 2.05) is 18.2 Å². The van der Waals surface area contributed by atoms with E-state index in [9.17, 15) is 4.79 Å². The first kappa shape index (κ1) is 19.8. The summed E-state index contributed by atoms with van der Waals surface area (Å²) >= 11 is 1.23. The van der Waals surface area contributed by atoms with Crippen molar-refractivity contribution < 1.29 is 4.79 Å². The molecule has 0 spiro atoms. The molecule has 7 nitrogen and oxygen atoms in total. The maximum Gasteiger partial charge on any atom is 0.232 e. The quantitative estimate of drug-likeness (QED) is 0.617. The van der Waals surface area contributed by atoms with Crippen molar-refractivity contribution in [1.82, 2.24) is 19.8 Å². The standard InChI is InChI=1S/C18H24N6OS/c1-18(2,3)14-8-6-13(7-9-14)16-21-22-17(24(16)20)26-12-15(25)23(4)11-5-10-19/h6-9H,5,11-12,20H2,1-4H3. The number of carbonyl (C=O) groups excluding carboxylic acids is 1. The summed E-state index contributed by atoms with van der Waals surface area (Å²) in [5, 5.41) is 17.3. The van der Waals surface area contributed by atoms with E-state index >= 15 is 0 Å². The van der Waals surface area contributed by atoms with Gasteiger partial charge in [-0.2, -0.15) is 5.26 Å². The van der Waals surface area contributed by atoms with Gasteiger partial charge in [-0.3, -0.25) is 4.79 Å². The van der Waals surface area contributed by atoms with E-state index in [1.165, 1.54) is 26.9 Å². The third-order valence-electron chi connectivity index (χ3n) is 3.98. The van der Waals surface area contributed by atoms with E-state index in [0.717, 1.165) is 5.56 Å². The maximum atomic E-state index is 12.0. The molecule has 2 aromatic rings. The Morgan fingerprint density at radius 3 is 2.54 bits per heavy atom. The van der Waals surface area contributed by atoms with Crippen LogP contribution in [0.5, 0.6) is 0 Å². The number of rotatable bonds is 6. The molecule has 0 fully saturated rings. The van der Waals surface area contributed by atoms with Crippen molar-refractivity contribution in [3.63, 3.8) is 0 Å². The number of thioether (sulfide) groups is 1. The lowest BCUT2D eigenvalue weighted by atomic mass is 9.87. The fourth-order valence-corrected chi connectivity index (χ4v) is 3.07. The van der Waals surface area contributed by atoms with Gasteiger partial charge in [0.25, 0.3) is 0 Å². The summed E-state index contributed by atoms with van der Waals surface area (Å²) in [4.78, 5) is 13.6. The summed E-state index contributed by atoms with van der Waals surface area (Å²) in [6, 6.07) is 10.1. The maximum absolute atomic E-state index is 12.0. The van der Waals surface area contributed by atoms with Crippen molar-refractivity contribution in [2.75, 3.05) is 25.2 Å². The van der Waals surface area contributed by atoms with Gasteiger partial charge in [0.05, 0.1) is 18.2 Å². The third kappa shape index (κ3) is 4.76. The van der Waals surface area contributed by atoms with Gasteiger partial charge in [-0.15, -0.1) is 10.2 Å². The highest BCUT2D eigenvalue weighted by atomic mass is 32.2. The first-order chi connectivity index (χ1) is 12.2. The summed E-state index contributed by atoms with van der Waals surface area (Å²) < 4.78 is 1.40. The highest BCUT2D eigenvalue weighted by Gasteiger charge is 2.17. The normalized spacial score (nSPS) is 11.2. The van der Waals surface area contributed by atoms with Gasteiger partial charge in [0.2, 0.25) is 11.1 Å². The molecular weight excluding hydrogens is 348 g/mol. The molecule has 0 aliphatic heterocycles. The minimum Gasteiger partial charge on any atom is -0.344 e. The van der Waals surface area contributed by atoms with Gasteiger partial charge in [0.1, 0.15) is 0 Å². The summed E-state index contributed by atoms with van der Waals surface area (Å²) in [5.74, 6) is 6.77. The number of nitrogens with zero attached hydrogens (tertiary/aromatic N) is 5. The molecule has 2 rings (SSSR count). The minimum atomic E-state index is -0.0793. The van der Waals surface area contributed by atoms with Crippen LogP contribution in [0, 0.1) is 11.3 Å². The molecule has 0 aliphatic carbocycles. The topological polar surface area (TPSA) is 101 Å². The Balaban J connectivity index is 2.06. The van der Waals surface area contributed by atoms with Crippen LogP contribution in [0.4, 0.5) is 0 Å². The summed E-state index contributed by atoms with van der Waals surface area (Å²) in [5.41, 5.74) is 2.18. The first-order valence-corrected chi connectivity index (χ1v) is 9.27. The molecule has 0 saturated carbocycles. The van der Waals surface area contributed by atoms with Crippen LogP contribution in [0.25, 0.3) is 11.4 Å². The van der Waals surface area contributed by atoms with Crippen molar-refractivity contribution >= 4 is 17.7 Å². The number of benzene rings is 1. The molecule has 138 valence electrons. The zero-order valence-corrected chi connectivity index (χ0v) is 16.4. The Morgan fingerprint density at radius 1 is 1.31 bits per heavy atom. The van der Waals surface area contributed by atoms with Crippen molar-refractivity contribution in [1.29, 1.82) is 5.26 Å². The summed E-state index contributed by atoms with van der Waals surface area (Å²) in [6.45, 7) is 6.89. The van der Waals surface area contributed by atoms with E-state index in [2.05, 4.69) is 43.1 Å². The first-order valence-electron chi connectivity index (χ1n) is 8.29. The van der Waals surface area contributed by atoms with Crippen LogP contribution in [-0.4, -0.2) is 45.0 Å². The SMILES string of the molecule is CN(CCC#N)C(=O)CSc1nnc(-c2ccc(C(C)(C)C)cc2)n1N. The zero-order valence-electron chi connectivity index (χ0n) is 15.6. The third-order valence-corrected chi connectivity index (χ3v) is 4.91. The lowest BCUT2D eigenvalue weighted by Gasteiger charge is -2.19. The number of hydrogen-bond donors (Lipinski definition) is 1. The fourth-order valence-electron chi connectivity index (χ4n) is 2.27. The van der Waals surface area contributed by atoms with E-state index in [4.69, 9.17) is 11.1 Å². The number of amides is 1. The Morgan fingerprint density at radius 2 is 1.96 bits per heavy atom. The zero-order chi connectivity index (χ0) is 19.3. The smallest absolute Gasteiger partial charge is 0.232 e. The van der Waals surface area contributed by atoms with Crippen LogP contribution < -0.4 is 5.84 Å². The predicted octanol–water partition coefficient (Wildman–Crippen LogP) is 2.42. The number of nitrogen functional groups attached to an aromatic ring is 1. The Labute approximate surface area is 158 Å². The number of nitrogens with two attached hydrogens (primary N) is 1. The molecule has 0 saturated heterocycles. The number of aromatic nitrogens is 3. The van der Waals surface area contributed by atoms with Gasteiger partial charge in [0.15, 0.2) is 5.82 Å². The largest absolute Gasteiger partial charge is 0.344 e. The van der Waals surface area contributed by atoms with Crippen LogP contribution in [-0.2, 0) is 10.2 Å². The fraction of sp³-hybridized carbons (Fsp3) is 0.444. The molecule has 2 N–H and O–H groups in total. The Bertz CT molecular complexity index is 801. The second kappa shape index (κ2) is 8.23. The van der Waals surface area contributed by atoms with Gasteiger partial charge in [-0.25, -0.2) is 4.68 Å². The molecule has 0 unspecified atom stereocenters. The van der Waals surface area contributed by atoms with E-state index in [1.54, 1.807) is 7.05 Å². The van der Waals surface area contributed by atoms with Gasteiger partial charge in [-0.1, -0.05) is 56.8 Å². The molecule has 1 heterocycles. The Kier molecular flexibility index (Phi) is 6.27. The van der Waals surface area contributed by atoms with E-state index < -0.39 is 0 Å². The molecule has 0 aliphatic rings. The monoisotopic (exact) mass is 372 g/mol. The minimum absolute atomic E-state index is 0.0772. The molecule has 1 amide bonds. The van der Waals surface area contributed by atoms with E-state index in [-0.39, 0.29) is 17.1 Å². The molecule has 0 radical (unpaired) electrons. The molecule has 1 aromatic heterocycles. The molecular formula is C18H24N6OS. The molecule has 26 heavy (non-hydrogen) atoms. The van der Waals surface area contributed by atoms with Crippen LogP contribution in [0.3, 0.4) is 0 Å². The lowest BCUT2D eigenvalue weighted by molar-refractivity contribution is -0.127. The van der Waals surface area contributed by atoms with E-state index in [0.29, 0.717) is 23.9 Å². The van der Waals surface area contributed by atoms with Gasteiger partial charge in [-0.05, 0) is 11.0 Å². The second-order valence-electron chi connectivity index (χ2n) is 7.02. The number of hydrogen-bond acceptors (Lipinski definition) is 6. The highest BCUT2D eigenvalue weighted by molar-refractivity contribution is 7.99. The van der Waals surface area contributed by atoms with Gasteiger partial charge < -0.3 is 10.7 Å².